The summed E-state index contributed by atoms with van der Waals surface area (Å²) in [4.78, 5) is 11.6. The van der Waals surface area contributed by atoms with Gasteiger partial charge in [0.05, 0.1) is 4.47 Å². The molecule has 14 heavy (non-hydrogen) atoms. The van der Waals surface area contributed by atoms with Crippen molar-refractivity contribution >= 4 is 21.7 Å². The van der Waals surface area contributed by atoms with E-state index >= 15 is 0 Å². The third-order valence-electron chi connectivity index (χ3n) is 2.23. The maximum Gasteiger partial charge on any atom is 0.210 e. The van der Waals surface area contributed by atoms with Crippen molar-refractivity contribution < 1.29 is 13.9 Å². The van der Waals surface area contributed by atoms with E-state index in [0.717, 1.165) is 0 Å². The van der Waals surface area contributed by atoms with E-state index in [4.69, 9.17) is 4.74 Å². The Kier molecular flexibility index (Phi) is 2.31. The van der Waals surface area contributed by atoms with Crippen molar-refractivity contribution in [1.29, 1.82) is 0 Å². The molecule has 0 saturated heterocycles. The van der Waals surface area contributed by atoms with Crippen LogP contribution >= 0.6 is 15.9 Å². The summed E-state index contributed by atoms with van der Waals surface area (Å²) in [5.41, 5.74) is 0.0752. The Bertz CT molecular complexity index is 403. The molecule has 0 N–H and O–H groups in total. The molecule has 1 unspecified atom stereocenters. The molecule has 4 heteroatoms. The zero-order chi connectivity index (χ0) is 10.3. The molecule has 1 heterocycles. The van der Waals surface area contributed by atoms with E-state index in [1.54, 1.807) is 6.07 Å². The van der Waals surface area contributed by atoms with Gasteiger partial charge in [-0.1, -0.05) is 6.92 Å². The highest BCUT2D eigenvalue weighted by molar-refractivity contribution is 9.10. The number of fused-ring (bicyclic) bond motifs is 1. The highest BCUT2D eigenvalue weighted by Gasteiger charge is 2.35. The monoisotopic (exact) mass is 258 g/mol. The minimum atomic E-state index is -0.529. The van der Waals surface area contributed by atoms with Gasteiger partial charge in [-0.25, -0.2) is 4.39 Å². The smallest absolute Gasteiger partial charge is 0.210 e. The fourth-order valence-electron chi connectivity index (χ4n) is 1.50. The van der Waals surface area contributed by atoms with Gasteiger partial charge >= 0.3 is 0 Å². The van der Waals surface area contributed by atoms with Crippen molar-refractivity contribution in [1.82, 2.24) is 0 Å². The van der Waals surface area contributed by atoms with Crippen LogP contribution in [0.2, 0.25) is 0 Å². The number of hydrogen-bond acceptors (Lipinski definition) is 2. The Morgan fingerprint density at radius 1 is 1.57 bits per heavy atom. The van der Waals surface area contributed by atoms with Crippen LogP contribution in [0.15, 0.2) is 16.6 Å². The van der Waals surface area contributed by atoms with E-state index in [0.29, 0.717) is 16.6 Å². The molecule has 0 bridgehead atoms. The molecule has 1 aromatic rings. The molecule has 0 aromatic heterocycles. The van der Waals surface area contributed by atoms with Gasteiger partial charge in [0.15, 0.2) is 6.10 Å². The van der Waals surface area contributed by atoms with Gasteiger partial charge in [0.1, 0.15) is 17.1 Å². The number of ketones is 1. The average Bonchev–Trinajstić information content (AvgIpc) is 2.51. The number of Topliss-reactive ketones (excluding diaryl/α,β-unsaturated/α-hetero) is 1. The molecule has 74 valence electrons. The highest BCUT2D eigenvalue weighted by Crippen LogP contribution is 2.38. The van der Waals surface area contributed by atoms with Crippen LogP contribution in [0, 0.1) is 5.82 Å². The number of benzene rings is 1. The normalized spacial score (nSPS) is 19.4. The van der Waals surface area contributed by atoms with Gasteiger partial charge in [-0.2, -0.15) is 0 Å². The molecule has 2 rings (SSSR count). The van der Waals surface area contributed by atoms with E-state index in [1.165, 1.54) is 6.07 Å². The van der Waals surface area contributed by atoms with Crippen molar-refractivity contribution in [2.45, 2.75) is 19.4 Å². The quantitative estimate of drug-likeness (QED) is 0.775. The van der Waals surface area contributed by atoms with Crippen LogP contribution in [-0.4, -0.2) is 11.9 Å². The Hall–Kier alpha value is -0.900. The second-order valence-electron chi connectivity index (χ2n) is 3.11. The van der Waals surface area contributed by atoms with E-state index in [2.05, 4.69) is 15.9 Å². The summed E-state index contributed by atoms with van der Waals surface area (Å²) in [6.45, 7) is 1.83. The summed E-state index contributed by atoms with van der Waals surface area (Å²) in [6.07, 6.45) is 0.0255. The van der Waals surface area contributed by atoms with E-state index in [1.807, 2.05) is 6.92 Å². The first-order chi connectivity index (χ1) is 6.65. The van der Waals surface area contributed by atoms with Gasteiger partial charge in [0.25, 0.3) is 0 Å². The first-order valence-electron chi connectivity index (χ1n) is 4.34. The van der Waals surface area contributed by atoms with Gasteiger partial charge in [-0.15, -0.1) is 0 Å². The topological polar surface area (TPSA) is 26.3 Å². The van der Waals surface area contributed by atoms with Crippen molar-refractivity contribution in [3.05, 3.63) is 28.0 Å². The first kappa shape index (κ1) is 9.65. The van der Waals surface area contributed by atoms with E-state index in [9.17, 15) is 9.18 Å². The molecule has 0 saturated carbocycles. The minimum absolute atomic E-state index is 0.0752. The van der Waals surface area contributed by atoms with Crippen molar-refractivity contribution in [3.63, 3.8) is 0 Å². The lowest BCUT2D eigenvalue weighted by molar-refractivity contribution is 0.0850. The summed E-state index contributed by atoms with van der Waals surface area (Å²) in [5.74, 6) is -0.438. The van der Waals surface area contributed by atoms with Crippen LogP contribution in [0.1, 0.15) is 23.7 Å². The Morgan fingerprint density at radius 3 is 2.86 bits per heavy atom. The van der Waals surface area contributed by atoms with Gasteiger partial charge < -0.3 is 4.74 Å². The summed E-state index contributed by atoms with van der Waals surface area (Å²) in [6, 6.07) is 2.81. The molecule has 1 aliphatic rings. The van der Waals surface area contributed by atoms with Gasteiger partial charge in [0, 0.05) is 0 Å². The van der Waals surface area contributed by atoms with Crippen molar-refractivity contribution in [3.8, 4) is 5.75 Å². The van der Waals surface area contributed by atoms with Gasteiger partial charge in [-0.05, 0) is 34.5 Å². The SMILES string of the molecule is CCC1Oc2c(Br)ccc(F)c2C1=O. The Labute approximate surface area is 89.2 Å². The second-order valence-corrected chi connectivity index (χ2v) is 3.97. The lowest BCUT2D eigenvalue weighted by Crippen LogP contribution is -2.19. The van der Waals surface area contributed by atoms with Crippen LogP contribution in [0.25, 0.3) is 0 Å². The number of carbonyl (C=O) groups excluding carboxylic acids is 1. The number of rotatable bonds is 1. The Balaban J connectivity index is 2.58. The molecular formula is C10H8BrFO2. The predicted octanol–water partition coefficient (Wildman–Crippen LogP) is 2.94. The molecule has 2 nitrogen and oxygen atoms in total. The molecule has 0 spiro atoms. The molecule has 0 radical (unpaired) electrons. The maximum absolute atomic E-state index is 13.3. The van der Waals surface area contributed by atoms with Crippen LogP contribution in [0.5, 0.6) is 5.75 Å². The molecule has 1 aromatic carbocycles. The summed E-state index contributed by atoms with van der Waals surface area (Å²) < 4.78 is 19.3. The number of hydrogen-bond donors (Lipinski definition) is 0. The largest absolute Gasteiger partial charge is 0.480 e. The summed E-state index contributed by atoms with van der Waals surface area (Å²) in [7, 11) is 0. The van der Waals surface area contributed by atoms with Crippen LogP contribution in [-0.2, 0) is 0 Å². The van der Waals surface area contributed by atoms with Crippen molar-refractivity contribution in [2.75, 3.05) is 0 Å². The molecule has 0 aliphatic carbocycles. The molecule has 1 atom stereocenters. The lowest BCUT2D eigenvalue weighted by atomic mass is 10.1. The van der Waals surface area contributed by atoms with Gasteiger partial charge in [-0.3, -0.25) is 4.79 Å². The summed E-state index contributed by atoms with van der Waals surface area (Å²) >= 11 is 3.22. The fraction of sp³-hybridized carbons (Fsp3) is 0.300. The van der Waals surface area contributed by atoms with Gasteiger partial charge in [0.2, 0.25) is 5.78 Å². The molecule has 0 amide bonds. The Morgan fingerprint density at radius 2 is 2.29 bits per heavy atom. The first-order valence-corrected chi connectivity index (χ1v) is 5.13. The third kappa shape index (κ3) is 1.25. The summed E-state index contributed by atoms with van der Waals surface area (Å²) in [5, 5.41) is 0. The van der Waals surface area contributed by atoms with Crippen molar-refractivity contribution in [2.24, 2.45) is 0 Å². The number of carbonyl (C=O) groups is 1. The third-order valence-corrected chi connectivity index (χ3v) is 2.85. The standard InChI is InChI=1S/C10H8BrFO2/c1-2-7-9(13)8-6(12)4-3-5(11)10(8)14-7/h3-4,7H,2H2,1H3. The fourth-order valence-corrected chi connectivity index (χ4v) is 1.93. The molecule has 1 aliphatic heterocycles. The second kappa shape index (κ2) is 3.35. The highest BCUT2D eigenvalue weighted by atomic mass is 79.9. The van der Waals surface area contributed by atoms with Crippen LogP contribution in [0.4, 0.5) is 4.39 Å². The van der Waals surface area contributed by atoms with E-state index < -0.39 is 11.9 Å². The number of ether oxygens (including phenoxy) is 1. The zero-order valence-electron chi connectivity index (χ0n) is 7.51. The average molecular weight is 259 g/mol. The van der Waals surface area contributed by atoms with Crippen LogP contribution < -0.4 is 4.74 Å². The number of halogens is 2. The minimum Gasteiger partial charge on any atom is -0.480 e. The zero-order valence-corrected chi connectivity index (χ0v) is 9.10. The van der Waals surface area contributed by atoms with Crippen LogP contribution in [0.3, 0.4) is 0 Å². The molecule has 0 fully saturated rings. The maximum atomic E-state index is 13.3. The molecular weight excluding hydrogens is 251 g/mol. The van der Waals surface area contributed by atoms with E-state index in [-0.39, 0.29) is 11.3 Å². The lowest BCUT2D eigenvalue weighted by Gasteiger charge is -2.05. The predicted molar refractivity (Wildman–Crippen MR) is 53.1 cm³/mol.